The zero-order valence-electron chi connectivity index (χ0n) is 21.0. The maximum absolute atomic E-state index is 13.0. The van der Waals surface area contributed by atoms with Gasteiger partial charge in [-0.05, 0) is 38.3 Å². The van der Waals surface area contributed by atoms with Gasteiger partial charge >= 0.3 is 11.9 Å². The van der Waals surface area contributed by atoms with Gasteiger partial charge in [-0.2, -0.15) is 0 Å². The van der Waals surface area contributed by atoms with Gasteiger partial charge in [0.05, 0.1) is 12.2 Å². The highest BCUT2D eigenvalue weighted by molar-refractivity contribution is 6.00. The van der Waals surface area contributed by atoms with E-state index in [4.69, 9.17) is 9.47 Å². The van der Waals surface area contributed by atoms with Gasteiger partial charge in [0.1, 0.15) is 6.10 Å². The quantitative estimate of drug-likeness (QED) is 0.368. The molecule has 186 valence electrons. The first-order valence-electron chi connectivity index (χ1n) is 12.1. The second-order valence-corrected chi connectivity index (χ2v) is 11.1. The molecule has 4 aliphatic carbocycles. The molecule has 0 aromatic rings. The molecular weight excluding hydrogens is 436 g/mol. The van der Waals surface area contributed by atoms with Crippen molar-refractivity contribution in [1.29, 1.82) is 0 Å². The molecule has 4 aliphatic rings. The van der Waals surface area contributed by atoms with E-state index in [0.717, 1.165) is 0 Å². The van der Waals surface area contributed by atoms with Crippen molar-refractivity contribution in [3.05, 3.63) is 34.9 Å². The van der Waals surface area contributed by atoms with Crippen LogP contribution >= 0.6 is 0 Å². The summed E-state index contributed by atoms with van der Waals surface area (Å²) in [6.45, 7) is 12.0. The van der Waals surface area contributed by atoms with E-state index in [1.54, 1.807) is 26.8 Å². The average molecular weight is 473 g/mol. The number of aliphatic hydroxyl groups is 2. The Labute approximate surface area is 200 Å². The number of fused-ring (bicyclic) bond motifs is 5. The van der Waals surface area contributed by atoms with Crippen LogP contribution in [-0.4, -0.2) is 51.8 Å². The predicted molar refractivity (Wildman–Crippen MR) is 124 cm³/mol. The molecule has 8 atom stereocenters. The van der Waals surface area contributed by atoms with Crippen LogP contribution in [0.4, 0.5) is 0 Å². The van der Waals surface area contributed by atoms with E-state index in [0.29, 0.717) is 23.1 Å². The number of carbonyl (C=O) groups is 3. The number of Topliss-reactive ketones (excluding diaryl/α,β-unsaturated/α-hetero) is 1. The van der Waals surface area contributed by atoms with Crippen molar-refractivity contribution in [2.45, 2.75) is 72.2 Å². The Kier molecular flexibility index (Phi) is 5.77. The minimum atomic E-state index is -1.44. The van der Waals surface area contributed by atoms with E-state index in [1.807, 2.05) is 32.9 Å². The largest absolute Gasteiger partial charge is 0.454 e. The molecule has 0 unspecified atom stereocenters. The number of carbonyl (C=O) groups excluding carboxylic acids is 3. The molecule has 0 aromatic heterocycles. The summed E-state index contributed by atoms with van der Waals surface area (Å²) in [6.07, 6.45) is 4.83. The van der Waals surface area contributed by atoms with Gasteiger partial charge in [0.25, 0.3) is 0 Å². The van der Waals surface area contributed by atoms with Crippen LogP contribution in [0.1, 0.15) is 54.9 Å². The lowest BCUT2D eigenvalue weighted by Gasteiger charge is -2.52. The number of hydrogen-bond donors (Lipinski definition) is 2. The zero-order valence-corrected chi connectivity index (χ0v) is 21.0. The maximum atomic E-state index is 13.0. The normalized spacial score (nSPS) is 42.4. The molecule has 0 heterocycles. The molecule has 7 nitrogen and oxygen atoms in total. The third-order valence-electron chi connectivity index (χ3n) is 9.19. The van der Waals surface area contributed by atoms with Crippen LogP contribution < -0.4 is 0 Å². The van der Waals surface area contributed by atoms with Crippen molar-refractivity contribution >= 4 is 17.7 Å². The van der Waals surface area contributed by atoms with Crippen LogP contribution in [0.25, 0.3) is 0 Å². The van der Waals surface area contributed by atoms with Crippen molar-refractivity contribution in [2.75, 3.05) is 6.61 Å². The molecule has 4 rings (SSSR count). The second-order valence-electron chi connectivity index (χ2n) is 11.1. The third kappa shape index (κ3) is 3.05. The molecular formula is C27H36O7. The summed E-state index contributed by atoms with van der Waals surface area (Å²) < 4.78 is 12.0. The fourth-order valence-electron chi connectivity index (χ4n) is 7.32. The van der Waals surface area contributed by atoms with E-state index in [2.05, 4.69) is 0 Å². The second kappa shape index (κ2) is 7.89. The monoisotopic (exact) mass is 472 g/mol. The Morgan fingerprint density at radius 3 is 2.41 bits per heavy atom. The Morgan fingerprint density at radius 2 is 1.85 bits per heavy atom. The summed E-state index contributed by atoms with van der Waals surface area (Å²) >= 11 is 0. The number of hydrogen-bond acceptors (Lipinski definition) is 7. The summed E-state index contributed by atoms with van der Waals surface area (Å²) in [4.78, 5) is 38.3. The smallest absolute Gasteiger partial charge is 0.333 e. The minimum Gasteiger partial charge on any atom is -0.454 e. The molecule has 0 amide bonds. The van der Waals surface area contributed by atoms with E-state index in [9.17, 15) is 24.6 Å². The standard InChI is InChI=1S/C27H36O7/c1-8-13(2)24(31)33-23-15(4)26(32)19-9-14(3)21(30)18(19)10-17(12-28)11-20(26)22-25(6,7)27(22,23)34-16(5)29/h8-9,11,15,18-20,22-23,28,32H,10,12H2,1-7H3/b13-8+/t15-,18+,19+,20+,22+,23+,26-,27+/m0/s1. The van der Waals surface area contributed by atoms with Crippen molar-refractivity contribution in [2.24, 2.45) is 35.0 Å². The topological polar surface area (TPSA) is 110 Å². The Hall–Kier alpha value is -2.25. The number of ketones is 1. The van der Waals surface area contributed by atoms with E-state index < -0.39 is 58.3 Å². The minimum absolute atomic E-state index is 0.0317. The Bertz CT molecular complexity index is 1030. The van der Waals surface area contributed by atoms with Gasteiger partial charge in [0, 0.05) is 47.5 Å². The molecule has 34 heavy (non-hydrogen) atoms. The first kappa shape index (κ1) is 24.9. The van der Waals surface area contributed by atoms with Gasteiger partial charge in [-0.15, -0.1) is 0 Å². The summed E-state index contributed by atoms with van der Waals surface area (Å²) in [5.41, 5.74) is -1.47. The van der Waals surface area contributed by atoms with Crippen LogP contribution in [-0.2, 0) is 23.9 Å². The zero-order chi connectivity index (χ0) is 25.4. The van der Waals surface area contributed by atoms with Crippen molar-refractivity contribution < 1.29 is 34.1 Å². The summed E-state index contributed by atoms with van der Waals surface area (Å²) in [5, 5.41) is 22.6. The molecule has 0 saturated heterocycles. The van der Waals surface area contributed by atoms with Gasteiger partial charge < -0.3 is 19.7 Å². The van der Waals surface area contributed by atoms with Gasteiger partial charge in [-0.1, -0.05) is 39.0 Å². The first-order valence-corrected chi connectivity index (χ1v) is 12.1. The van der Waals surface area contributed by atoms with E-state index in [1.165, 1.54) is 6.92 Å². The van der Waals surface area contributed by atoms with Crippen LogP contribution in [0.2, 0.25) is 0 Å². The molecule has 2 saturated carbocycles. The summed E-state index contributed by atoms with van der Waals surface area (Å²) in [5.74, 6) is -3.55. The number of aliphatic hydroxyl groups excluding tert-OH is 1. The SMILES string of the molecule is C/C=C(\C)C(=O)O[C@@H]1[C@H](C)[C@@]2(O)[C@H](C=C(CO)C[C@H]3C(=O)C(C)=C[C@H]32)[C@@H]2C(C)(C)[C@]12OC(C)=O. The molecule has 0 radical (unpaired) electrons. The number of ether oxygens (including phenoxy) is 2. The van der Waals surface area contributed by atoms with Crippen molar-refractivity contribution in [3.8, 4) is 0 Å². The van der Waals surface area contributed by atoms with E-state index in [-0.39, 0.29) is 18.3 Å². The molecule has 0 aromatic carbocycles. The summed E-state index contributed by atoms with van der Waals surface area (Å²) in [7, 11) is 0. The maximum Gasteiger partial charge on any atom is 0.333 e. The fourth-order valence-corrected chi connectivity index (χ4v) is 7.32. The fraction of sp³-hybridized carbons (Fsp3) is 0.667. The molecule has 2 N–H and O–H groups in total. The number of rotatable bonds is 4. The lowest BCUT2D eigenvalue weighted by Crippen LogP contribution is -2.63. The Morgan fingerprint density at radius 1 is 1.21 bits per heavy atom. The Balaban J connectivity index is 1.92. The third-order valence-corrected chi connectivity index (χ3v) is 9.19. The number of esters is 2. The van der Waals surface area contributed by atoms with E-state index >= 15 is 0 Å². The van der Waals surface area contributed by atoms with Crippen LogP contribution in [0.5, 0.6) is 0 Å². The summed E-state index contributed by atoms with van der Waals surface area (Å²) in [6, 6.07) is 0. The lowest BCUT2D eigenvalue weighted by atomic mass is 9.60. The van der Waals surface area contributed by atoms with Gasteiger partial charge in [-0.3, -0.25) is 9.59 Å². The van der Waals surface area contributed by atoms with Crippen LogP contribution in [0.3, 0.4) is 0 Å². The van der Waals surface area contributed by atoms with Crippen molar-refractivity contribution in [3.63, 3.8) is 0 Å². The van der Waals surface area contributed by atoms with Crippen molar-refractivity contribution in [1.82, 2.24) is 0 Å². The van der Waals surface area contributed by atoms with Crippen LogP contribution in [0, 0.1) is 35.0 Å². The van der Waals surface area contributed by atoms with Crippen LogP contribution in [0.15, 0.2) is 34.9 Å². The van der Waals surface area contributed by atoms with Gasteiger partial charge in [0.15, 0.2) is 11.4 Å². The molecule has 0 spiro atoms. The average Bonchev–Trinajstić information content (AvgIpc) is 3.16. The molecule has 0 bridgehead atoms. The first-order chi connectivity index (χ1) is 15.8. The molecule has 7 heteroatoms. The van der Waals surface area contributed by atoms with Gasteiger partial charge in [-0.25, -0.2) is 4.79 Å². The molecule has 2 fully saturated rings. The predicted octanol–water partition coefficient (Wildman–Crippen LogP) is 2.90. The number of allylic oxidation sites excluding steroid dienone is 2. The highest BCUT2D eigenvalue weighted by Crippen LogP contribution is 2.76. The lowest BCUT2D eigenvalue weighted by molar-refractivity contribution is -0.218. The highest BCUT2D eigenvalue weighted by Gasteiger charge is 2.87. The molecule has 0 aliphatic heterocycles. The van der Waals surface area contributed by atoms with Gasteiger partial charge in [0.2, 0.25) is 0 Å². The highest BCUT2D eigenvalue weighted by atomic mass is 16.6.